The molecule has 0 radical (unpaired) electrons. The van der Waals surface area contributed by atoms with Crippen molar-refractivity contribution in [1.29, 1.82) is 0 Å². The Morgan fingerprint density at radius 3 is 2.05 bits per heavy atom. The van der Waals surface area contributed by atoms with Gasteiger partial charge in [0.1, 0.15) is 17.6 Å². The lowest BCUT2D eigenvalue weighted by Gasteiger charge is -2.38. The van der Waals surface area contributed by atoms with Gasteiger partial charge >= 0.3 is 5.97 Å². The van der Waals surface area contributed by atoms with E-state index in [1.807, 2.05) is 67.6 Å². The molecule has 42 heavy (non-hydrogen) atoms. The van der Waals surface area contributed by atoms with Gasteiger partial charge in [0.25, 0.3) is 0 Å². The molecule has 0 amide bonds. The van der Waals surface area contributed by atoms with Crippen LogP contribution in [-0.4, -0.2) is 29.6 Å². The summed E-state index contributed by atoms with van der Waals surface area (Å²) in [5.41, 5.74) is 2.63. The van der Waals surface area contributed by atoms with Gasteiger partial charge in [-0.05, 0) is 85.8 Å². The Morgan fingerprint density at radius 2 is 1.52 bits per heavy atom. The third kappa shape index (κ3) is 7.95. The number of carbonyl (C=O) groups is 1. The SMILES string of the molecule is C=CC(=O)OC1CC2CCC1(C)C2(C)C.CC(Oc1ccc(C=CC=Cc2ccc(O)cc2)cc1)OC1CCCCC1. The zero-order chi connectivity index (χ0) is 30.2. The highest BCUT2D eigenvalue weighted by Crippen LogP contribution is 2.66. The van der Waals surface area contributed by atoms with Gasteiger partial charge in [0, 0.05) is 11.5 Å². The van der Waals surface area contributed by atoms with Crippen LogP contribution in [0.15, 0.2) is 73.3 Å². The number of carbonyl (C=O) groups excluding carboxylic acids is 1. The smallest absolute Gasteiger partial charge is 0.330 e. The summed E-state index contributed by atoms with van der Waals surface area (Å²) in [6, 6.07) is 15.1. The Kier molecular flexibility index (Phi) is 10.7. The zero-order valence-corrected chi connectivity index (χ0v) is 25.8. The molecule has 2 aromatic carbocycles. The van der Waals surface area contributed by atoms with Crippen LogP contribution in [0.4, 0.5) is 0 Å². The summed E-state index contributed by atoms with van der Waals surface area (Å²) in [6.07, 6.45) is 19.2. The van der Waals surface area contributed by atoms with Crippen LogP contribution in [0.5, 0.6) is 11.5 Å². The Labute approximate surface area is 252 Å². The van der Waals surface area contributed by atoms with Gasteiger partial charge in [0.15, 0.2) is 6.29 Å². The van der Waals surface area contributed by atoms with Gasteiger partial charge in [-0.15, -0.1) is 0 Å². The molecular weight excluding hydrogens is 524 g/mol. The summed E-state index contributed by atoms with van der Waals surface area (Å²) in [5.74, 6) is 1.55. The molecule has 3 fully saturated rings. The van der Waals surface area contributed by atoms with Crippen LogP contribution >= 0.6 is 0 Å². The van der Waals surface area contributed by atoms with Crippen molar-refractivity contribution in [2.24, 2.45) is 16.7 Å². The van der Waals surface area contributed by atoms with E-state index >= 15 is 0 Å². The highest BCUT2D eigenvalue weighted by atomic mass is 16.7. The lowest BCUT2D eigenvalue weighted by molar-refractivity contribution is -0.150. The number of aromatic hydroxyl groups is 1. The molecule has 0 aliphatic heterocycles. The first kappa shape index (κ1) is 31.6. The molecule has 5 nitrogen and oxygen atoms in total. The number of hydrogen-bond donors (Lipinski definition) is 1. The van der Waals surface area contributed by atoms with E-state index in [4.69, 9.17) is 14.2 Å². The van der Waals surface area contributed by atoms with Crippen molar-refractivity contribution in [3.05, 3.63) is 84.5 Å². The largest absolute Gasteiger partial charge is 0.508 e. The Bertz CT molecular complexity index is 1220. The first-order valence-electron chi connectivity index (χ1n) is 15.5. The van der Waals surface area contributed by atoms with Gasteiger partial charge in [-0.1, -0.05) is 95.2 Å². The normalized spacial score (nSPS) is 25.6. The number of ether oxygens (including phenoxy) is 3. The van der Waals surface area contributed by atoms with Crippen LogP contribution in [0.25, 0.3) is 12.2 Å². The molecule has 1 N–H and O–H groups in total. The van der Waals surface area contributed by atoms with Crippen molar-refractivity contribution in [1.82, 2.24) is 0 Å². The van der Waals surface area contributed by atoms with Crippen molar-refractivity contribution >= 4 is 18.1 Å². The van der Waals surface area contributed by atoms with E-state index in [1.165, 1.54) is 38.2 Å². The molecule has 5 rings (SSSR count). The van der Waals surface area contributed by atoms with Crippen LogP contribution in [0.2, 0.25) is 0 Å². The first-order chi connectivity index (χ1) is 20.1. The lowest BCUT2D eigenvalue weighted by atomic mass is 9.70. The molecule has 0 saturated heterocycles. The van der Waals surface area contributed by atoms with Crippen molar-refractivity contribution in [2.75, 3.05) is 0 Å². The monoisotopic (exact) mass is 572 g/mol. The minimum atomic E-state index is -0.274. The van der Waals surface area contributed by atoms with E-state index in [9.17, 15) is 9.90 Å². The summed E-state index contributed by atoms with van der Waals surface area (Å²) in [4.78, 5) is 11.3. The summed E-state index contributed by atoms with van der Waals surface area (Å²) in [7, 11) is 0. The third-order valence-corrected chi connectivity index (χ3v) is 9.84. The molecule has 0 heterocycles. The average Bonchev–Trinajstić information content (AvgIpc) is 3.31. The maximum absolute atomic E-state index is 11.3. The zero-order valence-electron chi connectivity index (χ0n) is 25.8. The molecular formula is C37H48O5. The fourth-order valence-electron chi connectivity index (χ4n) is 6.76. The fraction of sp³-hybridized carbons (Fsp3) is 0.486. The maximum atomic E-state index is 11.3. The van der Waals surface area contributed by atoms with Gasteiger partial charge in [-0.3, -0.25) is 0 Å². The summed E-state index contributed by atoms with van der Waals surface area (Å²) < 4.78 is 17.4. The van der Waals surface area contributed by atoms with Crippen molar-refractivity contribution in [3.8, 4) is 11.5 Å². The van der Waals surface area contributed by atoms with E-state index in [2.05, 4.69) is 27.4 Å². The predicted molar refractivity (Wildman–Crippen MR) is 170 cm³/mol. The van der Waals surface area contributed by atoms with Gasteiger partial charge in [-0.25, -0.2) is 4.79 Å². The molecule has 4 unspecified atom stereocenters. The van der Waals surface area contributed by atoms with E-state index in [0.29, 0.717) is 17.4 Å². The molecule has 3 aliphatic rings. The van der Waals surface area contributed by atoms with Gasteiger partial charge in [0.2, 0.25) is 0 Å². The van der Waals surface area contributed by atoms with Crippen molar-refractivity contribution in [3.63, 3.8) is 0 Å². The van der Waals surface area contributed by atoms with E-state index in [0.717, 1.165) is 36.1 Å². The summed E-state index contributed by atoms with van der Waals surface area (Å²) in [5, 5.41) is 9.28. The first-order valence-corrected chi connectivity index (χ1v) is 15.5. The van der Waals surface area contributed by atoms with Crippen LogP contribution in [-0.2, 0) is 14.3 Å². The lowest BCUT2D eigenvalue weighted by Crippen LogP contribution is -2.38. The van der Waals surface area contributed by atoms with Crippen molar-refractivity contribution < 1.29 is 24.1 Å². The number of esters is 1. The second kappa shape index (κ2) is 14.2. The molecule has 3 saturated carbocycles. The topological polar surface area (TPSA) is 65.0 Å². The third-order valence-electron chi connectivity index (χ3n) is 9.84. The Hall–Kier alpha value is -3.31. The number of rotatable bonds is 9. The van der Waals surface area contributed by atoms with E-state index in [1.54, 1.807) is 12.1 Å². The molecule has 4 atom stereocenters. The van der Waals surface area contributed by atoms with Gasteiger partial charge in [-0.2, -0.15) is 0 Å². The standard InChI is InChI=1S/C24H28O3.C13H20O2/c1-19(26-23-9-3-2-4-10-23)27-24-17-13-21(14-18-24)8-6-5-7-20-11-15-22(25)16-12-20;1-5-11(14)15-10-8-9-6-7-13(10,4)12(9,2)3/h5-8,11-19,23,25H,2-4,9-10H2,1H3;5,9-10H,1,6-8H2,2-4H3. The summed E-state index contributed by atoms with van der Waals surface area (Å²) >= 11 is 0. The van der Waals surface area contributed by atoms with Gasteiger partial charge < -0.3 is 19.3 Å². The highest BCUT2D eigenvalue weighted by Gasteiger charge is 2.62. The van der Waals surface area contributed by atoms with Crippen LogP contribution in [0.1, 0.15) is 90.2 Å². The molecule has 5 heteroatoms. The Morgan fingerprint density at radius 1 is 0.929 bits per heavy atom. The van der Waals surface area contributed by atoms with Crippen LogP contribution < -0.4 is 4.74 Å². The minimum Gasteiger partial charge on any atom is -0.508 e. The average molecular weight is 573 g/mol. The molecule has 2 bridgehead atoms. The van der Waals surface area contributed by atoms with Crippen LogP contribution in [0.3, 0.4) is 0 Å². The van der Waals surface area contributed by atoms with E-state index in [-0.39, 0.29) is 29.5 Å². The molecule has 0 spiro atoms. The van der Waals surface area contributed by atoms with E-state index < -0.39 is 0 Å². The molecule has 0 aromatic heterocycles. The van der Waals surface area contributed by atoms with Gasteiger partial charge in [0.05, 0.1) is 6.10 Å². The second-order valence-corrected chi connectivity index (χ2v) is 12.7. The maximum Gasteiger partial charge on any atom is 0.330 e. The second-order valence-electron chi connectivity index (χ2n) is 12.7. The number of phenolic OH excluding ortho intramolecular Hbond substituents is 1. The molecule has 3 aliphatic carbocycles. The van der Waals surface area contributed by atoms with Crippen molar-refractivity contribution in [2.45, 2.75) is 97.6 Å². The number of phenols is 1. The molecule has 2 aromatic rings. The minimum absolute atomic E-state index is 0.0942. The number of hydrogen-bond acceptors (Lipinski definition) is 5. The highest BCUT2D eigenvalue weighted by molar-refractivity contribution is 5.81. The predicted octanol–water partition coefficient (Wildman–Crippen LogP) is 9.12. The molecule has 226 valence electrons. The number of fused-ring (bicyclic) bond motifs is 2. The summed E-state index contributed by atoms with van der Waals surface area (Å²) in [6.45, 7) is 12.3. The number of benzene rings is 2. The van der Waals surface area contributed by atoms with Crippen LogP contribution in [0, 0.1) is 16.7 Å². The quantitative estimate of drug-likeness (QED) is 0.140. The number of allylic oxidation sites excluding steroid dienone is 2. The Balaban J connectivity index is 0.000000227. The fourth-order valence-corrected chi connectivity index (χ4v) is 6.76.